The van der Waals surface area contributed by atoms with Gasteiger partial charge in [-0.2, -0.15) is 0 Å². The molecule has 0 amide bonds. The standard InChI is InChI=1S/C7H15ClN4/c8-6-5-4(1-9)2-10-7(5)12-3-11-6/h4-7,10-12H,1-3,9H2. The molecular formula is C7H15ClN4. The summed E-state index contributed by atoms with van der Waals surface area (Å²) in [6, 6.07) is 0. The van der Waals surface area contributed by atoms with Gasteiger partial charge in [0.2, 0.25) is 0 Å². The van der Waals surface area contributed by atoms with Crippen molar-refractivity contribution in [1.82, 2.24) is 16.0 Å². The molecule has 0 aromatic carbocycles. The van der Waals surface area contributed by atoms with Gasteiger partial charge in [-0.1, -0.05) is 0 Å². The summed E-state index contributed by atoms with van der Waals surface area (Å²) in [6.45, 7) is 2.46. The molecule has 0 aromatic heterocycles. The quantitative estimate of drug-likeness (QED) is 0.311. The summed E-state index contributed by atoms with van der Waals surface area (Å²) in [4.78, 5) is 0. The maximum atomic E-state index is 6.14. The van der Waals surface area contributed by atoms with Gasteiger partial charge in [0.05, 0.1) is 11.7 Å². The van der Waals surface area contributed by atoms with Crippen molar-refractivity contribution in [2.45, 2.75) is 11.7 Å². The third kappa shape index (κ3) is 1.34. The van der Waals surface area contributed by atoms with Gasteiger partial charge in [0.15, 0.2) is 0 Å². The zero-order valence-electron chi connectivity index (χ0n) is 6.89. The summed E-state index contributed by atoms with van der Waals surface area (Å²) in [5.74, 6) is 0.920. The third-order valence-corrected chi connectivity index (χ3v) is 3.23. The van der Waals surface area contributed by atoms with Crippen molar-refractivity contribution in [2.75, 3.05) is 19.8 Å². The van der Waals surface area contributed by atoms with E-state index < -0.39 is 0 Å². The topological polar surface area (TPSA) is 62.1 Å². The SMILES string of the molecule is NCC1CNC2NCNC(Cl)C12. The molecule has 2 rings (SSSR count). The van der Waals surface area contributed by atoms with E-state index >= 15 is 0 Å². The van der Waals surface area contributed by atoms with E-state index in [1.54, 1.807) is 0 Å². The molecule has 2 saturated heterocycles. The largest absolute Gasteiger partial charge is 0.330 e. The zero-order chi connectivity index (χ0) is 8.55. The predicted octanol–water partition coefficient (Wildman–Crippen LogP) is -1.18. The predicted molar refractivity (Wildman–Crippen MR) is 48.6 cm³/mol. The molecule has 5 heteroatoms. The molecule has 4 nitrogen and oxygen atoms in total. The van der Waals surface area contributed by atoms with E-state index in [0.29, 0.717) is 24.5 Å². The van der Waals surface area contributed by atoms with Crippen LogP contribution in [-0.4, -0.2) is 31.4 Å². The molecular weight excluding hydrogens is 176 g/mol. The second kappa shape index (κ2) is 3.47. The molecule has 4 atom stereocenters. The van der Waals surface area contributed by atoms with E-state index in [4.69, 9.17) is 17.3 Å². The van der Waals surface area contributed by atoms with Crippen LogP contribution in [0.15, 0.2) is 0 Å². The van der Waals surface area contributed by atoms with E-state index in [1.165, 1.54) is 0 Å². The lowest BCUT2D eigenvalue weighted by molar-refractivity contribution is 0.238. The molecule has 0 spiro atoms. The summed E-state index contributed by atoms with van der Waals surface area (Å²) in [5.41, 5.74) is 5.70. The number of nitrogens with two attached hydrogens (primary N) is 1. The summed E-state index contributed by atoms with van der Waals surface area (Å²) in [6.07, 6.45) is 0.349. The molecule has 0 aromatic rings. The van der Waals surface area contributed by atoms with Gasteiger partial charge in [-0.25, -0.2) is 0 Å². The molecule has 0 radical (unpaired) electrons. The van der Waals surface area contributed by atoms with E-state index in [-0.39, 0.29) is 5.50 Å². The Morgan fingerprint density at radius 1 is 1.33 bits per heavy atom. The monoisotopic (exact) mass is 190 g/mol. The van der Waals surface area contributed by atoms with Gasteiger partial charge in [0.25, 0.3) is 0 Å². The number of halogens is 1. The summed E-state index contributed by atoms with van der Waals surface area (Å²) < 4.78 is 0. The number of hydrogen-bond donors (Lipinski definition) is 4. The first-order chi connectivity index (χ1) is 5.83. The number of hydrogen-bond acceptors (Lipinski definition) is 4. The molecule has 2 fully saturated rings. The lowest BCUT2D eigenvalue weighted by Crippen LogP contribution is -2.58. The molecule has 2 heterocycles. The smallest absolute Gasteiger partial charge is 0.0895 e. The Morgan fingerprint density at radius 3 is 2.92 bits per heavy atom. The Hall–Kier alpha value is 0.130. The van der Waals surface area contributed by atoms with Gasteiger partial charge < -0.3 is 11.1 Å². The minimum absolute atomic E-state index is 0.0554. The van der Waals surface area contributed by atoms with E-state index in [0.717, 1.165) is 13.2 Å². The van der Waals surface area contributed by atoms with Crippen molar-refractivity contribution in [2.24, 2.45) is 17.6 Å². The minimum Gasteiger partial charge on any atom is -0.330 e. The average Bonchev–Trinajstić information content (AvgIpc) is 2.49. The van der Waals surface area contributed by atoms with Crippen molar-refractivity contribution in [3.05, 3.63) is 0 Å². The first-order valence-corrected chi connectivity index (χ1v) is 4.81. The van der Waals surface area contributed by atoms with Crippen LogP contribution < -0.4 is 21.7 Å². The molecule has 0 aliphatic carbocycles. The molecule has 5 N–H and O–H groups in total. The van der Waals surface area contributed by atoms with Gasteiger partial charge >= 0.3 is 0 Å². The van der Waals surface area contributed by atoms with Crippen molar-refractivity contribution in [3.8, 4) is 0 Å². The molecule has 0 saturated carbocycles. The van der Waals surface area contributed by atoms with Gasteiger partial charge in [-0.15, -0.1) is 11.6 Å². The highest BCUT2D eigenvalue weighted by molar-refractivity contribution is 6.20. The van der Waals surface area contributed by atoms with Crippen LogP contribution in [0.2, 0.25) is 0 Å². The van der Waals surface area contributed by atoms with Crippen LogP contribution >= 0.6 is 11.6 Å². The maximum absolute atomic E-state index is 6.14. The lowest BCUT2D eigenvalue weighted by Gasteiger charge is -2.34. The van der Waals surface area contributed by atoms with Crippen molar-refractivity contribution in [1.29, 1.82) is 0 Å². The minimum atomic E-state index is 0.0554. The van der Waals surface area contributed by atoms with Crippen LogP contribution in [0.3, 0.4) is 0 Å². The Morgan fingerprint density at radius 2 is 2.17 bits per heavy atom. The highest BCUT2D eigenvalue weighted by Crippen LogP contribution is 2.27. The maximum Gasteiger partial charge on any atom is 0.0895 e. The molecule has 12 heavy (non-hydrogen) atoms. The van der Waals surface area contributed by atoms with Gasteiger partial charge in [0.1, 0.15) is 0 Å². The van der Waals surface area contributed by atoms with Crippen molar-refractivity contribution >= 4 is 11.6 Å². The fourth-order valence-electron chi connectivity index (χ4n) is 2.08. The van der Waals surface area contributed by atoms with Gasteiger partial charge in [0, 0.05) is 19.1 Å². The Kier molecular flexibility index (Phi) is 2.52. The number of alkyl halides is 1. The average molecular weight is 191 g/mol. The highest BCUT2D eigenvalue weighted by Gasteiger charge is 2.41. The Labute approximate surface area is 77.2 Å². The van der Waals surface area contributed by atoms with Crippen LogP contribution in [0.4, 0.5) is 0 Å². The number of rotatable bonds is 1. The molecule has 70 valence electrons. The van der Waals surface area contributed by atoms with Gasteiger partial charge in [-0.05, 0) is 12.5 Å². The lowest BCUT2D eigenvalue weighted by atomic mass is 9.92. The first kappa shape index (κ1) is 8.72. The van der Waals surface area contributed by atoms with Crippen LogP contribution in [0.25, 0.3) is 0 Å². The summed E-state index contributed by atoms with van der Waals surface area (Å²) >= 11 is 6.14. The fourth-order valence-corrected chi connectivity index (χ4v) is 2.51. The van der Waals surface area contributed by atoms with Crippen molar-refractivity contribution in [3.63, 3.8) is 0 Å². The molecule has 0 bridgehead atoms. The zero-order valence-corrected chi connectivity index (χ0v) is 7.64. The first-order valence-electron chi connectivity index (χ1n) is 4.37. The normalized spacial score (nSPS) is 47.5. The van der Waals surface area contributed by atoms with E-state index in [9.17, 15) is 0 Å². The Balaban J connectivity index is 2.06. The third-order valence-electron chi connectivity index (χ3n) is 2.79. The van der Waals surface area contributed by atoms with E-state index in [2.05, 4.69) is 16.0 Å². The molecule has 2 aliphatic heterocycles. The summed E-state index contributed by atoms with van der Waals surface area (Å²) in [5, 5.41) is 9.86. The van der Waals surface area contributed by atoms with Crippen LogP contribution in [0.1, 0.15) is 0 Å². The van der Waals surface area contributed by atoms with Crippen LogP contribution in [-0.2, 0) is 0 Å². The second-order valence-corrected chi connectivity index (χ2v) is 3.92. The Bertz CT molecular complexity index is 159. The fraction of sp³-hybridized carbons (Fsp3) is 1.00. The van der Waals surface area contributed by atoms with Gasteiger partial charge in [-0.3, -0.25) is 10.6 Å². The second-order valence-electron chi connectivity index (χ2n) is 3.45. The van der Waals surface area contributed by atoms with Crippen LogP contribution in [0, 0.1) is 11.8 Å². The summed E-state index contributed by atoms with van der Waals surface area (Å²) in [7, 11) is 0. The highest BCUT2D eigenvalue weighted by atomic mass is 35.5. The van der Waals surface area contributed by atoms with Crippen LogP contribution in [0.5, 0.6) is 0 Å². The van der Waals surface area contributed by atoms with Crippen molar-refractivity contribution < 1.29 is 0 Å². The number of nitrogens with one attached hydrogen (secondary N) is 3. The van der Waals surface area contributed by atoms with E-state index in [1.807, 2.05) is 0 Å². The number of fused-ring (bicyclic) bond motifs is 1. The molecule has 4 unspecified atom stereocenters. The molecule has 2 aliphatic rings.